The van der Waals surface area contributed by atoms with Crippen LogP contribution >= 0.6 is 23.7 Å². The Bertz CT molecular complexity index is 767. The summed E-state index contributed by atoms with van der Waals surface area (Å²) >= 11 is 3.17. The van der Waals surface area contributed by atoms with Crippen LogP contribution in [0.5, 0.6) is 0 Å². The minimum absolute atomic E-state index is 0.0897. The van der Waals surface area contributed by atoms with Gasteiger partial charge in [-0.1, -0.05) is 15.9 Å². The lowest BCUT2D eigenvalue weighted by Gasteiger charge is -2.23. The number of nitrogens with one attached hydrogen (secondary N) is 1. The SMILES string of the molecule is Cc1cn(C2CC(O)C(COP(=O)(O)N(C)CCBr)O2)c(=O)[nH]c1=O. The Morgan fingerprint density at radius 2 is 2.24 bits per heavy atom. The Labute approximate surface area is 152 Å². The van der Waals surface area contributed by atoms with Gasteiger partial charge >= 0.3 is 13.4 Å². The summed E-state index contributed by atoms with van der Waals surface area (Å²) in [4.78, 5) is 35.3. The molecule has 2 rings (SSSR count). The van der Waals surface area contributed by atoms with E-state index in [2.05, 4.69) is 20.9 Å². The fraction of sp³-hybridized carbons (Fsp3) is 0.692. The number of hydrogen-bond donors (Lipinski definition) is 3. The number of aromatic nitrogens is 2. The van der Waals surface area contributed by atoms with Crippen molar-refractivity contribution in [1.29, 1.82) is 0 Å². The molecular formula is C13H21BrN3O7P. The van der Waals surface area contributed by atoms with Crippen molar-refractivity contribution in [3.8, 4) is 0 Å². The van der Waals surface area contributed by atoms with Crippen molar-refractivity contribution >= 4 is 23.7 Å². The number of aromatic amines is 1. The van der Waals surface area contributed by atoms with Gasteiger partial charge in [-0.25, -0.2) is 14.0 Å². The second kappa shape index (κ2) is 8.26. The van der Waals surface area contributed by atoms with Gasteiger partial charge in [-0.05, 0) is 14.0 Å². The fourth-order valence-corrected chi connectivity index (χ4v) is 4.05. The van der Waals surface area contributed by atoms with Gasteiger partial charge in [-0.15, -0.1) is 0 Å². The molecule has 1 aromatic heterocycles. The monoisotopic (exact) mass is 441 g/mol. The van der Waals surface area contributed by atoms with Crippen molar-refractivity contribution in [2.24, 2.45) is 0 Å². The van der Waals surface area contributed by atoms with E-state index in [1.54, 1.807) is 6.92 Å². The zero-order chi connectivity index (χ0) is 18.8. The van der Waals surface area contributed by atoms with E-state index in [4.69, 9.17) is 9.26 Å². The number of rotatable bonds is 7. The van der Waals surface area contributed by atoms with Gasteiger partial charge in [0.1, 0.15) is 12.3 Å². The first-order valence-electron chi connectivity index (χ1n) is 7.56. The smallest absolute Gasteiger partial charge is 0.390 e. The van der Waals surface area contributed by atoms with E-state index in [0.717, 1.165) is 4.67 Å². The molecule has 10 nitrogen and oxygen atoms in total. The quantitative estimate of drug-likeness (QED) is 0.395. The molecule has 0 radical (unpaired) electrons. The minimum atomic E-state index is -4.00. The van der Waals surface area contributed by atoms with E-state index in [1.807, 2.05) is 0 Å². The summed E-state index contributed by atoms with van der Waals surface area (Å²) in [6.45, 7) is 1.54. The van der Waals surface area contributed by atoms with E-state index in [9.17, 15) is 24.2 Å². The van der Waals surface area contributed by atoms with Gasteiger partial charge in [0.05, 0.1) is 12.7 Å². The van der Waals surface area contributed by atoms with E-state index in [0.29, 0.717) is 17.4 Å². The number of ether oxygens (including phenoxy) is 1. The number of H-pyrrole nitrogens is 1. The van der Waals surface area contributed by atoms with Gasteiger partial charge < -0.3 is 14.7 Å². The van der Waals surface area contributed by atoms with E-state index >= 15 is 0 Å². The highest BCUT2D eigenvalue weighted by molar-refractivity contribution is 9.09. The van der Waals surface area contributed by atoms with Crippen LogP contribution in [0.1, 0.15) is 18.2 Å². The molecule has 142 valence electrons. The first kappa shape index (κ1) is 20.5. The molecular weight excluding hydrogens is 421 g/mol. The maximum atomic E-state index is 12.1. The number of nitrogens with zero attached hydrogens (tertiary/aromatic N) is 2. The van der Waals surface area contributed by atoms with Gasteiger partial charge in [0.2, 0.25) is 0 Å². The van der Waals surface area contributed by atoms with Crippen LogP contribution in [-0.2, 0) is 13.8 Å². The molecule has 25 heavy (non-hydrogen) atoms. The van der Waals surface area contributed by atoms with Crippen molar-refractivity contribution in [3.05, 3.63) is 32.6 Å². The van der Waals surface area contributed by atoms with Crippen LogP contribution in [0.3, 0.4) is 0 Å². The Morgan fingerprint density at radius 3 is 2.88 bits per heavy atom. The van der Waals surface area contributed by atoms with Gasteiger partial charge in [0, 0.05) is 30.1 Å². The average Bonchev–Trinajstić information content (AvgIpc) is 2.90. The van der Waals surface area contributed by atoms with Gasteiger partial charge in [-0.2, -0.15) is 0 Å². The van der Waals surface area contributed by atoms with Crippen LogP contribution < -0.4 is 11.2 Å². The van der Waals surface area contributed by atoms with Gasteiger partial charge in [0.15, 0.2) is 0 Å². The largest absolute Gasteiger partial charge is 0.405 e. The predicted octanol–water partition coefficient (Wildman–Crippen LogP) is -0.0629. The Kier molecular flexibility index (Phi) is 6.77. The summed E-state index contributed by atoms with van der Waals surface area (Å²) in [7, 11) is -2.55. The normalized spacial score (nSPS) is 26.1. The average molecular weight is 442 g/mol. The van der Waals surface area contributed by atoms with Crippen molar-refractivity contribution in [1.82, 2.24) is 14.2 Å². The van der Waals surface area contributed by atoms with E-state index < -0.39 is 37.4 Å². The van der Waals surface area contributed by atoms with Crippen LogP contribution in [0, 0.1) is 6.92 Å². The van der Waals surface area contributed by atoms with Crippen molar-refractivity contribution in [3.63, 3.8) is 0 Å². The summed E-state index contributed by atoms with van der Waals surface area (Å²) < 4.78 is 25.0. The third-order valence-electron chi connectivity index (χ3n) is 3.91. The molecule has 0 spiro atoms. The van der Waals surface area contributed by atoms with Crippen molar-refractivity contribution in [2.75, 3.05) is 25.5 Å². The third-order valence-corrected chi connectivity index (χ3v) is 5.81. The molecule has 1 aliphatic heterocycles. The fourth-order valence-electron chi connectivity index (χ4n) is 2.35. The third kappa shape index (κ3) is 4.88. The van der Waals surface area contributed by atoms with E-state index in [-0.39, 0.29) is 13.0 Å². The summed E-state index contributed by atoms with van der Waals surface area (Å²) in [5, 5.41) is 10.6. The number of hydrogen-bond acceptors (Lipinski definition) is 6. The summed E-state index contributed by atoms with van der Waals surface area (Å²) in [6.07, 6.45) is -1.22. The Balaban J connectivity index is 2.05. The molecule has 12 heteroatoms. The molecule has 0 saturated carbocycles. The highest BCUT2D eigenvalue weighted by atomic mass is 79.9. The molecule has 3 N–H and O–H groups in total. The molecule has 1 aromatic rings. The lowest BCUT2D eigenvalue weighted by Crippen LogP contribution is -2.33. The standard InChI is InChI=1S/C13H21BrN3O7P/c1-8-6-17(13(20)15-12(8)19)11-5-9(18)10(24-11)7-23-25(21,22)16(2)4-3-14/h6,9-11,18H,3-5,7H2,1-2H3,(H,21,22)(H,15,19,20). The van der Waals surface area contributed by atoms with Crippen molar-refractivity contribution < 1.29 is 23.8 Å². The number of aliphatic hydroxyl groups excluding tert-OH is 1. The second-order valence-electron chi connectivity index (χ2n) is 5.77. The molecule has 2 heterocycles. The van der Waals surface area contributed by atoms with Gasteiger partial charge in [0.25, 0.3) is 5.56 Å². The summed E-state index contributed by atoms with van der Waals surface area (Å²) in [5.41, 5.74) is -0.816. The highest BCUT2D eigenvalue weighted by Gasteiger charge is 2.38. The summed E-state index contributed by atoms with van der Waals surface area (Å²) in [6, 6.07) is 0. The minimum Gasteiger partial charge on any atom is -0.390 e. The molecule has 1 aliphatic rings. The number of halogens is 1. The summed E-state index contributed by atoms with van der Waals surface area (Å²) in [5.74, 6) is 0. The molecule has 1 saturated heterocycles. The lowest BCUT2D eigenvalue weighted by molar-refractivity contribution is -0.0440. The molecule has 0 aliphatic carbocycles. The molecule has 1 fully saturated rings. The first-order chi connectivity index (χ1) is 11.7. The maximum absolute atomic E-state index is 12.1. The zero-order valence-electron chi connectivity index (χ0n) is 13.8. The van der Waals surface area contributed by atoms with Crippen LogP contribution in [0.15, 0.2) is 15.8 Å². The molecule has 0 amide bonds. The van der Waals surface area contributed by atoms with Gasteiger partial charge in [-0.3, -0.25) is 18.9 Å². The Hall–Kier alpha value is -0.810. The van der Waals surface area contributed by atoms with Crippen LogP contribution in [0.2, 0.25) is 0 Å². The van der Waals surface area contributed by atoms with E-state index in [1.165, 1.54) is 17.8 Å². The van der Waals surface area contributed by atoms with Crippen molar-refractivity contribution in [2.45, 2.75) is 31.8 Å². The molecule has 0 aromatic carbocycles. The van der Waals surface area contributed by atoms with Crippen LogP contribution in [-0.4, -0.2) is 62.0 Å². The highest BCUT2D eigenvalue weighted by Crippen LogP contribution is 2.45. The van der Waals surface area contributed by atoms with Crippen LogP contribution in [0.4, 0.5) is 0 Å². The lowest BCUT2D eigenvalue weighted by atomic mass is 10.2. The number of aliphatic hydroxyl groups is 1. The maximum Gasteiger partial charge on any atom is 0.405 e. The number of aryl methyl sites for hydroxylation is 1. The molecule has 4 atom stereocenters. The molecule has 0 bridgehead atoms. The number of alkyl halides is 1. The topological polar surface area (TPSA) is 134 Å². The van der Waals surface area contributed by atoms with Crippen LogP contribution in [0.25, 0.3) is 0 Å². The predicted molar refractivity (Wildman–Crippen MR) is 92.8 cm³/mol. The first-order valence-corrected chi connectivity index (χ1v) is 10.2. The zero-order valence-corrected chi connectivity index (χ0v) is 16.3. The molecule has 4 unspecified atom stereocenters. The second-order valence-corrected chi connectivity index (χ2v) is 8.48. The Morgan fingerprint density at radius 1 is 1.56 bits per heavy atom.